The minimum Gasteiger partial charge on any atom is -0.383 e. The van der Waals surface area contributed by atoms with Gasteiger partial charge in [0.1, 0.15) is 5.82 Å². The molecule has 5 nitrogen and oxygen atoms in total. The monoisotopic (exact) mass is 245 g/mol. The molecule has 0 aliphatic carbocycles. The van der Waals surface area contributed by atoms with E-state index in [1.165, 1.54) is 12.8 Å². The lowest BCUT2D eigenvalue weighted by molar-refractivity contribution is 0.404. The van der Waals surface area contributed by atoms with E-state index in [0.29, 0.717) is 11.9 Å². The molecule has 3 N–H and O–H groups in total. The fourth-order valence-corrected chi connectivity index (χ4v) is 2.52. The predicted octanol–water partition coefficient (Wildman–Crippen LogP) is 1.74. The van der Waals surface area contributed by atoms with E-state index in [4.69, 9.17) is 5.73 Å². The Kier molecular flexibility index (Phi) is 2.70. The van der Waals surface area contributed by atoms with Gasteiger partial charge in [0.25, 0.3) is 0 Å². The van der Waals surface area contributed by atoms with E-state index in [0.717, 1.165) is 35.6 Å². The summed E-state index contributed by atoms with van der Waals surface area (Å²) in [5, 5.41) is 8.11. The summed E-state index contributed by atoms with van der Waals surface area (Å²) < 4.78 is 1.76. The van der Waals surface area contributed by atoms with E-state index >= 15 is 0 Å². The van der Waals surface area contributed by atoms with Gasteiger partial charge in [-0.15, -0.1) is 0 Å². The first-order valence-corrected chi connectivity index (χ1v) is 6.52. The number of nitrogen functional groups attached to an aromatic ring is 1. The van der Waals surface area contributed by atoms with Gasteiger partial charge in [-0.1, -0.05) is 6.42 Å². The standard InChI is InChI=1S/C13H19N5/c1-8-9(2)16-12-7-11(17-18(12)13(8)14)10-5-3-4-6-15-10/h7,10,15H,3-6,14H2,1-2H3. The molecule has 0 aromatic carbocycles. The summed E-state index contributed by atoms with van der Waals surface area (Å²) in [6.07, 6.45) is 3.65. The van der Waals surface area contributed by atoms with Gasteiger partial charge in [0, 0.05) is 17.3 Å². The summed E-state index contributed by atoms with van der Waals surface area (Å²) in [4.78, 5) is 4.54. The largest absolute Gasteiger partial charge is 0.383 e. The van der Waals surface area contributed by atoms with Crippen LogP contribution < -0.4 is 11.1 Å². The van der Waals surface area contributed by atoms with Gasteiger partial charge < -0.3 is 11.1 Å². The summed E-state index contributed by atoms with van der Waals surface area (Å²) in [6.45, 7) is 5.04. The molecule has 2 aromatic heterocycles. The minimum atomic E-state index is 0.348. The average Bonchev–Trinajstić information content (AvgIpc) is 2.81. The highest BCUT2D eigenvalue weighted by atomic mass is 15.3. The van der Waals surface area contributed by atoms with Crippen LogP contribution in [0.15, 0.2) is 6.07 Å². The van der Waals surface area contributed by atoms with Crippen LogP contribution in [0, 0.1) is 13.8 Å². The Labute approximate surface area is 106 Å². The topological polar surface area (TPSA) is 68.2 Å². The van der Waals surface area contributed by atoms with Crippen LogP contribution >= 0.6 is 0 Å². The summed E-state index contributed by atoms with van der Waals surface area (Å²) in [7, 11) is 0. The number of hydrogen-bond acceptors (Lipinski definition) is 4. The van der Waals surface area contributed by atoms with Gasteiger partial charge in [-0.3, -0.25) is 0 Å². The van der Waals surface area contributed by atoms with Crippen molar-refractivity contribution in [2.45, 2.75) is 39.2 Å². The molecule has 2 aromatic rings. The van der Waals surface area contributed by atoms with Crippen molar-refractivity contribution in [1.82, 2.24) is 19.9 Å². The second-order valence-corrected chi connectivity index (χ2v) is 5.05. The predicted molar refractivity (Wildman–Crippen MR) is 71.5 cm³/mol. The summed E-state index contributed by atoms with van der Waals surface area (Å²) in [5.74, 6) is 0.694. The van der Waals surface area contributed by atoms with Crippen molar-refractivity contribution >= 4 is 11.5 Å². The van der Waals surface area contributed by atoms with E-state index in [1.807, 2.05) is 19.9 Å². The Hall–Kier alpha value is -1.62. The zero-order valence-corrected chi connectivity index (χ0v) is 10.9. The molecule has 1 fully saturated rings. The van der Waals surface area contributed by atoms with Crippen molar-refractivity contribution in [3.8, 4) is 0 Å². The van der Waals surface area contributed by atoms with Crippen LogP contribution in [0.4, 0.5) is 5.82 Å². The smallest absolute Gasteiger partial charge is 0.157 e. The van der Waals surface area contributed by atoms with E-state index in [1.54, 1.807) is 4.52 Å². The molecule has 0 amide bonds. The molecule has 0 saturated carbocycles. The Morgan fingerprint density at radius 3 is 2.94 bits per heavy atom. The van der Waals surface area contributed by atoms with Crippen molar-refractivity contribution in [3.63, 3.8) is 0 Å². The van der Waals surface area contributed by atoms with Gasteiger partial charge in [0.05, 0.1) is 11.7 Å². The van der Waals surface area contributed by atoms with E-state index in [-0.39, 0.29) is 0 Å². The van der Waals surface area contributed by atoms with Crippen LogP contribution in [0.3, 0.4) is 0 Å². The number of nitrogens with one attached hydrogen (secondary N) is 1. The number of aryl methyl sites for hydroxylation is 1. The third-order valence-corrected chi connectivity index (χ3v) is 3.81. The van der Waals surface area contributed by atoms with Crippen molar-refractivity contribution < 1.29 is 0 Å². The second kappa shape index (κ2) is 4.24. The van der Waals surface area contributed by atoms with Gasteiger partial charge in [0.15, 0.2) is 5.65 Å². The molecule has 0 bridgehead atoms. The maximum Gasteiger partial charge on any atom is 0.157 e. The zero-order chi connectivity index (χ0) is 12.7. The molecule has 1 saturated heterocycles. The van der Waals surface area contributed by atoms with Crippen LogP contribution in [-0.2, 0) is 0 Å². The van der Waals surface area contributed by atoms with Gasteiger partial charge >= 0.3 is 0 Å². The fraction of sp³-hybridized carbons (Fsp3) is 0.538. The quantitative estimate of drug-likeness (QED) is 0.803. The Bertz CT molecular complexity index is 581. The van der Waals surface area contributed by atoms with Crippen molar-refractivity contribution in [1.29, 1.82) is 0 Å². The minimum absolute atomic E-state index is 0.348. The second-order valence-electron chi connectivity index (χ2n) is 5.05. The lowest BCUT2D eigenvalue weighted by Gasteiger charge is -2.21. The molecular weight excluding hydrogens is 226 g/mol. The fourth-order valence-electron chi connectivity index (χ4n) is 2.52. The SMILES string of the molecule is Cc1nc2cc(C3CCCCN3)nn2c(N)c1C. The van der Waals surface area contributed by atoms with E-state index in [9.17, 15) is 0 Å². The number of nitrogens with zero attached hydrogens (tertiary/aromatic N) is 3. The third-order valence-electron chi connectivity index (χ3n) is 3.81. The van der Waals surface area contributed by atoms with Crippen LogP contribution in [0.1, 0.15) is 42.3 Å². The highest BCUT2D eigenvalue weighted by molar-refractivity contribution is 5.53. The number of piperidine rings is 1. The molecule has 3 heterocycles. The lowest BCUT2D eigenvalue weighted by atomic mass is 10.0. The van der Waals surface area contributed by atoms with E-state index in [2.05, 4.69) is 15.4 Å². The van der Waals surface area contributed by atoms with Crippen molar-refractivity contribution in [2.75, 3.05) is 12.3 Å². The number of rotatable bonds is 1. The molecule has 96 valence electrons. The molecule has 1 atom stereocenters. The molecule has 5 heteroatoms. The lowest BCUT2D eigenvalue weighted by Crippen LogP contribution is -2.27. The Morgan fingerprint density at radius 2 is 2.22 bits per heavy atom. The van der Waals surface area contributed by atoms with Crippen LogP contribution in [-0.4, -0.2) is 21.1 Å². The van der Waals surface area contributed by atoms with Gasteiger partial charge in [-0.25, -0.2) is 4.98 Å². The van der Waals surface area contributed by atoms with Gasteiger partial charge in [-0.05, 0) is 33.2 Å². The Morgan fingerprint density at radius 1 is 1.39 bits per heavy atom. The maximum absolute atomic E-state index is 6.10. The van der Waals surface area contributed by atoms with Gasteiger partial charge in [-0.2, -0.15) is 9.61 Å². The molecule has 3 rings (SSSR count). The maximum atomic E-state index is 6.10. The highest BCUT2D eigenvalue weighted by Gasteiger charge is 2.19. The molecule has 1 unspecified atom stereocenters. The first-order valence-electron chi connectivity index (χ1n) is 6.52. The molecular formula is C13H19N5. The van der Waals surface area contributed by atoms with Gasteiger partial charge in [0.2, 0.25) is 0 Å². The molecule has 18 heavy (non-hydrogen) atoms. The van der Waals surface area contributed by atoms with Crippen LogP contribution in [0.5, 0.6) is 0 Å². The van der Waals surface area contributed by atoms with Crippen LogP contribution in [0.2, 0.25) is 0 Å². The summed E-state index contributed by atoms with van der Waals surface area (Å²) >= 11 is 0. The number of nitrogens with two attached hydrogens (primary N) is 1. The van der Waals surface area contributed by atoms with Crippen LogP contribution in [0.25, 0.3) is 5.65 Å². The molecule has 1 aliphatic heterocycles. The van der Waals surface area contributed by atoms with E-state index < -0.39 is 0 Å². The van der Waals surface area contributed by atoms with Crippen molar-refractivity contribution in [3.05, 3.63) is 23.0 Å². The average molecular weight is 245 g/mol. The number of fused-ring (bicyclic) bond motifs is 1. The zero-order valence-electron chi connectivity index (χ0n) is 10.9. The first-order chi connectivity index (χ1) is 8.66. The molecule has 1 aliphatic rings. The molecule has 0 spiro atoms. The van der Waals surface area contributed by atoms with Crippen molar-refractivity contribution in [2.24, 2.45) is 0 Å². The summed E-state index contributed by atoms with van der Waals surface area (Å²) in [6, 6.07) is 2.40. The first kappa shape index (κ1) is 11.5. The number of aromatic nitrogens is 3. The Balaban J connectivity index is 2.07. The highest BCUT2D eigenvalue weighted by Crippen LogP contribution is 2.24. The number of anilines is 1. The third kappa shape index (κ3) is 1.75. The normalized spacial score (nSPS) is 20.4. The summed E-state index contributed by atoms with van der Waals surface area (Å²) in [5.41, 5.74) is 9.99. The molecule has 0 radical (unpaired) electrons. The number of hydrogen-bond donors (Lipinski definition) is 2.